The second-order valence-corrected chi connectivity index (χ2v) is 8.84. The van der Waals surface area contributed by atoms with Gasteiger partial charge in [-0.05, 0) is 48.6 Å². The van der Waals surface area contributed by atoms with E-state index in [0.29, 0.717) is 18.6 Å². The number of Topliss-reactive ketones (excluding diaryl/α,β-unsaturated/α-hetero) is 1. The van der Waals surface area contributed by atoms with Gasteiger partial charge in [-0.1, -0.05) is 60.7 Å². The van der Waals surface area contributed by atoms with Crippen LogP contribution < -0.4 is 0 Å². The summed E-state index contributed by atoms with van der Waals surface area (Å²) >= 11 is 0. The van der Waals surface area contributed by atoms with Gasteiger partial charge < -0.3 is 4.90 Å². The minimum absolute atomic E-state index is 0.0200. The number of piperidine rings is 1. The second kappa shape index (κ2) is 6.88. The molecule has 1 saturated heterocycles. The first-order valence-corrected chi connectivity index (χ1v) is 10.6. The molecule has 0 spiro atoms. The predicted molar refractivity (Wildman–Crippen MR) is 109 cm³/mol. The molecule has 6 rings (SSSR count). The predicted octanol–water partition coefficient (Wildman–Crippen LogP) is 4.69. The Labute approximate surface area is 166 Å². The monoisotopic (exact) mass is 373 g/mol. The third-order valence-corrected chi connectivity index (χ3v) is 7.29. The lowest BCUT2D eigenvalue weighted by Crippen LogP contribution is -2.63. The zero-order valence-corrected chi connectivity index (χ0v) is 16.2. The third kappa shape index (κ3) is 2.80. The smallest absolute Gasteiger partial charge is 0.223 e. The number of nitrogens with zero attached hydrogens (tertiary/aromatic N) is 1. The summed E-state index contributed by atoms with van der Waals surface area (Å²) in [4.78, 5) is 28.4. The fraction of sp³-hybridized carbons (Fsp3) is 0.440. The molecule has 2 aromatic rings. The van der Waals surface area contributed by atoms with Crippen LogP contribution in [0.5, 0.6) is 0 Å². The highest BCUT2D eigenvalue weighted by Crippen LogP contribution is 2.58. The Balaban J connectivity index is 1.61. The molecule has 0 unspecified atom stereocenters. The molecule has 3 aliphatic carbocycles. The van der Waals surface area contributed by atoms with E-state index in [9.17, 15) is 9.59 Å². The van der Waals surface area contributed by atoms with Crippen molar-refractivity contribution in [1.29, 1.82) is 0 Å². The number of benzene rings is 2. The molecule has 2 bridgehead atoms. The molecular weight excluding hydrogens is 346 g/mol. The topological polar surface area (TPSA) is 37.4 Å². The maximum atomic E-state index is 13.4. The van der Waals surface area contributed by atoms with Crippen molar-refractivity contribution in [3.05, 3.63) is 71.8 Å². The Morgan fingerprint density at radius 2 is 1.36 bits per heavy atom. The fourth-order valence-electron chi connectivity index (χ4n) is 6.15. The van der Waals surface area contributed by atoms with E-state index in [1.165, 1.54) is 11.1 Å². The van der Waals surface area contributed by atoms with E-state index in [1.54, 1.807) is 0 Å². The maximum Gasteiger partial charge on any atom is 0.223 e. The van der Waals surface area contributed by atoms with Gasteiger partial charge in [0.15, 0.2) is 0 Å². The first-order chi connectivity index (χ1) is 13.7. The first-order valence-electron chi connectivity index (χ1n) is 10.6. The highest BCUT2D eigenvalue weighted by molar-refractivity contribution is 5.88. The molecule has 2 aromatic carbocycles. The Hall–Kier alpha value is -2.42. The van der Waals surface area contributed by atoms with E-state index in [1.807, 2.05) is 12.1 Å². The van der Waals surface area contributed by atoms with Gasteiger partial charge in [0, 0.05) is 25.3 Å². The lowest BCUT2D eigenvalue weighted by Gasteiger charge is -2.58. The lowest BCUT2D eigenvalue weighted by atomic mass is 9.52. The van der Waals surface area contributed by atoms with Crippen LogP contribution in [0.2, 0.25) is 0 Å². The number of ketones is 1. The number of rotatable bonds is 3. The van der Waals surface area contributed by atoms with Crippen LogP contribution in [0.4, 0.5) is 0 Å². The molecule has 1 aliphatic heterocycles. The molecule has 1 amide bonds. The fourth-order valence-corrected chi connectivity index (χ4v) is 6.15. The summed E-state index contributed by atoms with van der Waals surface area (Å²) in [5.41, 5.74) is 2.18. The van der Waals surface area contributed by atoms with Gasteiger partial charge in [0.1, 0.15) is 5.78 Å². The average molecular weight is 373 g/mol. The van der Waals surface area contributed by atoms with Crippen molar-refractivity contribution in [2.24, 2.45) is 5.92 Å². The number of hydrogen-bond acceptors (Lipinski definition) is 2. The molecule has 28 heavy (non-hydrogen) atoms. The number of fused-ring (bicyclic) bond motifs is 3. The number of carbonyl (C=O) groups excluding carboxylic acids is 2. The molecule has 3 saturated carbocycles. The van der Waals surface area contributed by atoms with Gasteiger partial charge in [-0.2, -0.15) is 0 Å². The van der Waals surface area contributed by atoms with Crippen molar-refractivity contribution >= 4 is 11.7 Å². The maximum absolute atomic E-state index is 13.4. The normalized spacial score (nSPS) is 32.6. The van der Waals surface area contributed by atoms with Gasteiger partial charge in [0.25, 0.3) is 0 Å². The summed E-state index contributed by atoms with van der Waals surface area (Å²) in [5.74, 6) is 0.996. The van der Waals surface area contributed by atoms with E-state index < -0.39 is 0 Å². The summed E-state index contributed by atoms with van der Waals surface area (Å²) in [5, 5.41) is 0. The zero-order chi connectivity index (χ0) is 19.1. The molecule has 4 aliphatic rings. The Kier molecular flexibility index (Phi) is 4.34. The summed E-state index contributed by atoms with van der Waals surface area (Å²) in [6.07, 6.45) is 5.04. The molecule has 3 heteroatoms. The van der Waals surface area contributed by atoms with Crippen LogP contribution in [0, 0.1) is 5.92 Å². The van der Waals surface area contributed by atoms with Crippen molar-refractivity contribution in [1.82, 2.24) is 4.90 Å². The van der Waals surface area contributed by atoms with Gasteiger partial charge in [-0.25, -0.2) is 0 Å². The Morgan fingerprint density at radius 1 is 0.786 bits per heavy atom. The number of likely N-dealkylation sites (tertiary alicyclic amines) is 1. The molecule has 0 radical (unpaired) electrons. The summed E-state index contributed by atoms with van der Waals surface area (Å²) < 4.78 is 0. The van der Waals surface area contributed by atoms with E-state index in [-0.39, 0.29) is 29.2 Å². The highest BCUT2D eigenvalue weighted by atomic mass is 16.2. The minimum atomic E-state index is -0.315. The number of carbonyl (C=O) groups is 2. The standard InChI is InChI=1S/C25H27NO2/c27-22-17-25(26-14-8-7-13-23(26)28)15-20(18-9-3-1-4-10-18)24(22)21(16-25)19-11-5-2-6-12-19/h1-6,9-12,20-21,24H,7-8,13-17H2/t20-,21-,24?,25?/m0/s1. The van der Waals surface area contributed by atoms with Crippen molar-refractivity contribution in [3.63, 3.8) is 0 Å². The van der Waals surface area contributed by atoms with E-state index in [2.05, 4.69) is 53.4 Å². The van der Waals surface area contributed by atoms with Crippen LogP contribution in [-0.4, -0.2) is 28.7 Å². The quantitative estimate of drug-likeness (QED) is 0.783. The van der Waals surface area contributed by atoms with Gasteiger partial charge in [0.2, 0.25) is 5.91 Å². The molecule has 144 valence electrons. The van der Waals surface area contributed by atoms with Crippen LogP contribution in [-0.2, 0) is 9.59 Å². The number of amides is 1. The van der Waals surface area contributed by atoms with Crippen molar-refractivity contribution in [3.8, 4) is 0 Å². The minimum Gasteiger partial charge on any atom is -0.337 e. The molecular formula is C25H27NO2. The average Bonchev–Trinajstić information content (AvgIpc) is 2.75. The summed E-state index contributed by atoms with van der Waals surface area (Å²) in [6, 6.07) is 21.0. The van der Waals surface area contributed by atoms with E-state index in [4.69, 9.17) is 0 Å². The van der Waals surface area contributed by atoms with Gasteiger partial charge in [0.05, 0.1) is 5.54 Å². The molecule has 4 fully saturated rings. The van der Waals surface area contributed by atoms with Crippen LogP contribution in [0.3, 0.4) is 0 Å². The molecule has 3 nitrogen and oxygen atoms in total. The van der Waals surface area contributed by atoms with Crippen molar-refractivity contribution in [2.75, 3.05) is 6.54 Å². The number of hydrogen-bond donors (Lipinski definition) is 0. The zero-order valence-electron chi connectivity index (χ0n) is 16.2. The molecule has 1 heterocycles. The molecule has 0 N–H and O–H groups in total. The van der Waals surface area contributed by atoms with Crippen molar-refractivity contribution < 1.29 is 9.59 Å². The van der Waals surface area contributed by atoms with Crippen LogP contribution in [0.1, 0.15) is 61.5 Å². The SMILES string of the molecule is O=C1CC2(N3CCCCC3=O)C[C@@H](c3ccccc3)C1[C@H](c1ccccc1)C2. The van der Waals surface area contributed by atoms with Gasteiger partial charge >= 0.3 is 0 Å². The summed E-state index contributed by atoms with van der Waals surface area (Å²) in [7, 11) is 0. The third-order valence-electron chi connectivity index (χ3n) is 7.29. The lowest BCUT2D eigenvalue weighted by molar-refractivity contribution is -0.153. The van der Waals surface area contributed by atoms with Crippen LogP contribution in [0.15, 0.2) is 60.7 Å². The highest BCUT2D eigenvalue weighted by Gasteiger charge is 2.58. The van der Waals surface area contributed by atoms with Crippen LogP contribution in [0.25, 0.3) is 0 Å². The molecule has 2 atom stereocenters. The largest absolute Gasteiger partial charge is 0.337 e. The van der Waals surface area contributed by atoms with Gasteiger partial charge in [-0.3, -0.25) is 9.59 Å². The van der Waals surface area contributed by atoms with E-state index in [0.717, 1.165) is 32.2 Å². The van der Waals surface area contributed by atoms with E-state index >= 15 is 0 Å². The van der Waals surface area contributed by atoms with Crippen LogP contribution >= 0.6 is 0 Å². The van der Waals surface area contributed by atoms with Crippen molar-refractivity contribution in [2.45, 2.75) is 55.9 Å². The second-order valence-electron chi connectivity index (χ2n) is 8.84. The Morgan fingerprint density at radius 3 is 1.89 bits per heavy atom. The molecule has 0 aromatic heterocycles. The first kappa shape index (κ1) is 17.7. The Bertz CT molecular complexity index is 826. The summed E-state index contributed by atoms with van der Waals surface area (Å²) in [6.45, 7) is 0.805. The van der Waals surface area contributed by atoms with Gasteiger partial charge in [-0.15, -0.1) is 0 Å².